The van der Waals surface area contributed by atoms with Gasteiger partial charge in [0, 0.05) is 54.5 Å². The Morgan fingerprint density at radius 1 is 1.11 bits per heavy atom. The Balaban J connectivity index is 1.31. The molecule has 0 aliphatic carbocycles. The molecular weight excluding hydrogens is 483 g/mol. The van der Waals surface area contributed by atoms with Gasteiger partial charge in [0.2, 0.25) is 0 Å². The van der Waals surface area contributed by atoms with Gasteiger partial charge in [-0.05, 0) is 51.4 Å². The van der Waals surface area contributed by atoms with Crippen LogP contribution in [-0.4, -0.2) is 60.7 Å². The molecule has 5 heterocycles. The topological polar surface area (TPSA) is 78.2 Å². The zero-order valence-corrected chi connectivity index (χ0v) is 22.3. The van der Waals surface area contributed by atoms with Gasteiger partial charge in [0.15, 0.2) is 5.65 Å². The summed E-state index contributed by atoms with van der Waals surface area (Å²) in [6.07, 6.45) is 7.82. The molecule has 38 heavy (non-hydrogen) atoms. The maximum atomic E-state index is 15.6. The highest BCUT2D eigenvalue weighted by atomic mass is 19.1. The molecule has 2 fully saturated rings. The lowest BCUT2D eigenvalue weighted by Crippen LogP contribution is -2.52. The van der Waals surface area contributed by atoms with Gasteiger partial charge in [0.05, 0.1) is 19.3 Å². The van der Waals surface area contributed by atoms with Crippen LogP contribution in [0.3, 0.4) is 0 Å². The first-order valence-corrected chi connectivity index (χ1v) is 13.3. The molecule has 0 radical (unpaired) electrons. The van der Waals surface area contributed by atoms with E-state index in [0.29, 0.717) is 46.1 Å². The number of methoxy groups -OCH3 is 1. The number of fused-ring (bicyclic) bond motifs is 3. The Hall–Kier alpha value is -3.59. The van der Waals surface area contributed by atoms with E-state index in [0.717, 1.165) is 24.9 Å². The molecule has 3 aromatic heterocycles. The second-order valence-electron chi connectivity index (χ2n) is 10.7. The maximum Gasteiger partial charge on any atom is 0.318 e. The van der Waals surface area contributed by atoms with Crippen molar-refractivity contribution in [1.82, 2.24) is 29.4 Å². The van der Waals surface area contributed by atoms with E-state index < -0.39 is 0 Å². The molecule has 2 unspecified atom stereocenters. The maximum absolute atomic E-state index is 15.6. The van der Waals surface area contributed by atoms with Crippen molar-refractivity contribution in [3.05, 3.63) is 59.8 Å². The predicted molar refractivity (Wildman–Crippen MR) is 143 cm³/mol. The van der Waals surface area contributed by atoms with Crippen molar-refractivity contribution >= 4 is 11.2 Å². The Labute approximate surface area is 221 Å². The summed E-state index contributed by atoms with van der Waals surface area (Å²) in [5.41, 5.74) is 2.96. The number of benzene rings is 1. The summed E-state index contributed by atoms with van der Waals surface area (Å²) in [7, 11) is 1.53. The number of aryl methyl sites for hydroxylation is 1. The van der Waals surface area contributed by atoms with E-state index >= 15 is 4.39 Å². The van der Waals surface area contributed by atoms with Crippen molar-refractivity contribution in [1.29, 1.82) is 0 Å². The van der Waals surface area contributed by atoms with Crippen molar-refractivity contribution in [2.75, 3.05) is 13.7 Å². The summed E-state index contributed by atoms with van der Waals surface area (Å²) in [6, 6.07) is 10.3. The Morgan fingerprint density at radius 2 is 1.89 bits per heavy atom. The number of nitrogens with zero attached hydrogens (tertiary/aromatic N) is 6. The second-order valence-corrected chi connectivity index (χ2v) is 10.7. The minimum Gasteiger partial charge on any atom is -0.487 e. The van der Waals surface area contributed by atoms with Crippen LogP contribution in [-0.2, 0) is 6.54 Å². The lowest BCUT2D eigenvalue weighted by atomic mass is 9.87. The number of hydrogen-bond acceptors (Lipinski definition) is 7. The third-order valence-corrected chi connectivity index (χ3v) is 8.04. The first kappa shape index (κ1) is 24.7. The zero-order valence-electron chi connectivity index (χ0n) is 22.3. The molecule has 2 aliphatic rings. The second kappa shape index (κ2) is 9.62. The van der Waals surface area contributed by atoms with Gasteiger partial charge in [-0.3, -0.25) is 9.88 Å². The highest BCUT2D eigenvalue weighted by Crippen LogP contribution is 2.42. The number of aromatic nitrogens is 5. The first-order valence-electron chi connectivity index (χ1n) is 13.3. The van der Waals surface area contributed by atoms with E-state index in [1.807, 2.05) is 29.7 Å². The molecule has 6 rings (SSSR count). The molecular formula is C29H33FN6O2. The van der Waals surface area contributed by atoms with E-state index in [9.17, 15) is 0 Å². The number of hydrogen-bond donors (Lipinski definition) is 0. The lowest BCUT2D eigenvalue weighted by molar-refractivity contribution is -0.0178. The van der Waals surface area contributed by atoms with Gasteiger partial charge in [-0.15, -0.1) is 0 Å². The standard InChI is InChI=1S/C29H33FN6O2/c1-5-35-21-9-10-22(35)15-29(3,14-21)38-23-11-8-20(24(30)13-23)17-36-26(19-7-6-12-31-16-19)33-25-18(2)32-28(37-4)34-27(25)36/h6-8,11-13,16,21-22H,5,9-10,14-15,17H2,1-4H3. The molecule has 2 atom stereocenters. The van der Waals surface area contributed by atoms with Crippen molar-refractivity contribution in [2.24, 2.45) is 0 Å². The van der Waals surface area contributed by atoms with Crippen LogP contribution < -0.4 is 9.47 Å². The van der Waals surface area contributed by atoms with Crippen LogP contribution in [0.5, 0.6) is 11.8 Å². The molecule has 4 aromatic rings. The van der Waals surface area contributed by atoms with Crippen LogP contribution in [0.15, 0.2) is 42.7 Å². The quantitative estimate of drug-likeness (QED) is 0.335. The third kappa shape index (κ3) is 4.38. The molecule has 0 saturated carbocycles. The van der Waals surface area contributed by atoms with Crippen molar-refractivity contribution in [2.45, 2.75) is 70.7 Å². The Kier molecular flexibility index (Phi) is 6.26. The first-order chi connectivity index (χ1) is 18.4. The molecule has 2 saturated heterocycles. The molecule has 0 spiro atoms. The number of ether oxygens (including phenoxy) is 2. The zero-order chi connectivity index (χ0) is 26.4. The smallest absolute Gasteiger partial charge is 0.318 e. The molecule has 0 amide bonds. The summed E-state index contributed by atoms with van der Waals surface area (Å²) in [4.78, 5) is 20.6. The van der Waals surface area contributed by atoms with Crippen LogP contribution in [0.25, 0.3) is 22.6 Å². The minimum absolute atomic E-state index is 0.235. The van der Waals surface area contributed by atoms with Crippen LogP contribution in [0, 0.1) is 12.7 Å². The van der Waals surface area contributed by atoms with Gasteiger partial charge < -0.3 is 14.0 Å². The fourth-order valence-electron chi connectivity index (χ4n) is 6.38. The summed E-state index contributed by atoms with van der Waals surface area (Å²) < 4.78 is 29.2. The van der Waals surface area contributed by atoms with Gasteiger partial charge in [-0.2, -0.15) is 9.97 Å². The largest absolute Gasteiger partial charge is 0.487 e. The monoisotopic (exact) mass is 516 g/mol. The summed E-state index contributed by atoms with van der Waals surface area (Å²) in [6.45, 7) is 7.58. The van der Waals surface area contributed by atoms with Crippen molar-refractivity contribution in [3.63, 3.8) is 0 Å². The number of halogens is 1. The van der Waals surface area contributed by atoms with Crippen molar-refractivity contribution < 1.29 is 13.9 Å². The van der Waals surface area contributed by atoms with E-state index in [4.69, 9.17) is 14.5 Å². The van der Waals surface area contributed by atoms with Gasteiger partial charge in [-0.1, -0.05) is 13.0 Å². The molecule has 8 nitrogen and oxygen atoms in total. The predicted octanol–water partition coefficient (Wildman–Crippen LogP) is 5.18. The SMILES string of the molecule is CCN1C2CCC1CC(C)(Oc1ccc(Cn3c(-c4cccnc4)nc4c(C)nc(OC)nc43)c(F)c1)C2. The molecule has 9 heteroatoms. The average molecular weight is 517 g/mol. The molecule has 2 aliphatic heterocycles. The third-order valence-electron chi connectivity index (χ3n) is 8.04. The fraction of sp³-hybridized carbons (Fsp3) is 0.448. The van der Waals surface area contributed by atoms with E-state index in [1.54, 1.807) is 18.5 Å². The normalized spacial score (nSPS) is 23.2. The highest BCUT2D eigenvalue weighted by Gasteiger charge is 2.46. The van der Waals surface area contributed by atoms with Gasteiger partial charge in [0.25, 0.3) is 0 Å². The van der Waals surface area contributed by atoms with Crippen LogP contribution >= 0.6 is 0 Å². The summed E-state index contributed by atoms with van der Waals surface area (Å²) in [5, 5.41) is 0. The fourth-order valence-corrected chi connectivity index (χ4v) is 6.38. The van der Waals surface area contributed by atoms with E-state index in [2.05, 4.69) is 33.7 Å². The lowest BCUT2D eigenvalue weighted by Gasteiger charge is -2.44. The highest BCUT2D eigenvalue weighted by molar-refractivity contribution is 5.79. The van der Waals surface area contributed by atoms with E-state index in [-0.39, 0.29) is 24.0 Å². The molecule has 0 N–H and O–H groups in total. The van der Waals surface area contributed by atoms with Crippen LogP contribution in [0.1, 0.15) is 50.8 Å². The summed E-state index contributed by atoms with van der Waals surface area (Å²) >= 11 is 0. The van der Waals surface area contributed by atoms with Gasteiger partial charge in [0.1, 0.15) is 28.5 Å². The van der Waals surface area contributed by atoms with E-state index in [1.165, 1.54) is 26.0 Å². The summed E-state index contributed by atoms with van der Waals surface area (Å²) in [5.74, 6) is 0.891. The Morgan fingerprint density at radius 3 is 2.55 bits per heavy atom. The molecule has 1 aromatic carbocycles. The number of piperidine rings is 1. The van der Waals surface area contributed by atoms with Crippen LogP contribution in [0.4, 0.5) is 4.39 Å². The van der Waals surface area contributed by atoms with Crippen LogP contribution in [0.2, 0.25) is 0 Å². The average Bonchev–Trinajstić information content (AvgIpc) is 3.40. The molecule has 198 valence electrons. The Bertz CT molecular complexity index is 1460. The van der Waals surface area contributed by atoms with Gasteiger partial charge >= 0.3 is 6.01 Å². The molecule has 2 bridgehead atoms. The number of rotatable bonds is 7. The number of imidazole rings is 1. The van der Waals surface area contributed by atoms with Gasteiger partial charge in [-0.25, -0.2) is 9.37 Å². The van der Waals surface area contributed by atoms with Crippen molar-refractivity contribution in [3.8, 4) is 23.1 Å². The minimum atomic E-state index is -0.322. The number of pyridine rings is 1.